The van der Waals surface area contributed by atoms with E-state index in [0.717, 1.165) is 11.9 Å². The van der Waals surface area contributed by atoms with Crippen molar-refractivity contribution in [3.8, 4) is 0 Å². The zero-order chi connectivity index (χ0) is 9.64. The summed E-state index contributed by atoms with van der Waals surface area (Å²) in [5.74, 6) is 0. The van der Waals surface area contributed by atoms with Crippen molar-refractivity contribution in [3.63, 3.8) is 0 Å². The Morgan fingerprint density at radius 3 is 1.75 bits per heavy atom. The summed E-state index contributed by atoms with van der Waals surface area (Å²) in [5, 5.41) is 1.22. The summed E-state index contributed by atoms with van der Waals surface area (Å²) in [5.41, 5.74) is 1.15. The van der Waals surface area contributed by atoms with Crippen LogP contribution in [0.5, 0.6) is 0 Å². The summed E-state index contributed by atoms with van der Waals surface area (Å²) in [6.07, 6.45) is 12.9. The molecule has 1 nitrogen and oxygen atoms in total. The Balaban J connectivity index is -0.0000000199. The molecular weight excluding hydrogens is 373 g/mol. The number of rotatable bonds is 0. The van der Waals surface area contributed by atoms with E-state index in [4.69, 9.17) is 0 Å². The van der Waals surface area contributed by atoms with E-state index in [9.17, 15) is 0 Å². The minimum absolute atomic E-state index is 0. The van der Waals surface area contributed by atoms with Crippen LogP contribution >= 0.6 is 24.8 Å². The van der Waals surface area contributed by atoms with Crippen molar-refractivity contribution >= 4 is 35.7 Å². The zero-order valence-electron chi connectivity index (χ0n) is 16.1. The molecule has 3 rings (SSSR count). The average Bonchev–Trinajstić information content (AvgIpc) is 2.92. The van der Waals surface area contributed by atoms with Gasteiger partial charge in [0, 0.05) is 21.7 Å². The number of fused-ring (bicyclic) bond motifs is 1. The number of halogens is 2. The van der Waals surface area contributed by atoms with E-state index in [1.54, 1.807) is 0 Å². The van der Waals surface area contributed by atoms with Gasteiger partial charge in [-0.15, -0.1) is 55.1 Å². The van der Waals surface area contributed by atoms with Gasteiger partial charge in [0.25, 0.3) is 0 Å². The smallest absolute Gasteiger partial charge is 0 e. The average molecular weight is 407 g/mol. The molecule has 0 radical (unpaired) electrons. The second-order valence-corrected chi connectivity index (χ2v) is 3.00. The summed E-state index contributed by atoms with van der Waals surface area (Å²) in [6.45, 7) is 0. The van der Waals surface area contributed by atoms with Gasteiger partial charge >= 0.3 is 0 Å². The van der Waals surface area contributed by atoms with E-state index in [1.807, 2.05) is 36.4 Å². The van der Waals surface area contributed by atoms with Gasteiger partial charge in [-0.1, -0.05) is 12.1 Å². The van der Waals surface area contributed by atoms with Crippen LogP contribution in [0.1, 0.15) is 6.42 Å². The summed E-state index contributed by atoms with van der Waals surface area (Å²) >= 11 is 0. The van der Waals surface area contributed by atoms with Crippen LogP contribution in [-0.2, 0) is 21.7 Å². The fourth-order valence-electron chi connectivity index (χ4n) is 1.27. The molecule has 1 heterocycles. The number of para-hydroxylation sites is 1. The Bertz CT molecular complexity index is 425. The molecule has 0 bridgehead atoms. The summed E-state index contributed by atoms with van der Waals surface area (Å²) in [7, 11) is 0. The Morgan fingerprint density at radius 1 is 0.833 bits per heavy atom. The van der Waals surface area contributed by atoms with Crippen LogP contribution in [0.2, 0.25) is 0 Å². The third-order valence-corrected chi connectivity index (χ3v) is 1.98. The van der Waals surface area contributed by atoms with Gasteiger partial charge in [-0.05, 0) is 0 Å². The second kappa shape index (κ2) is 34.0. The zero-order valence-corrected chi connectivity index (χ0v) is 19.3. The molecule has 0 amide bonds. The molecule has 1 aliphatic carbocycles. The van der Waals surface area contributed by atoms with Crippen molar-refractivity contribution in [2.24, 2.45) is 0 Å². The van der Waals surface area contributed by atoms with Gasteiger partial charge in [-0.2, -0.15) is 17.5 Å². The first kappa shape index (κ1) is 56.6. The van der Waals surface area contributed by atoms with E-state index in [1.165, 1.54) is 5.39 Å². The van der Waals surface area contributed by atoms with Crippen molar-refractivity contribution < 1.29 is 21.7 Å². The Labute approximate surface area is 181 Å². The van der Waals surface area contributed by atoms with Crippen LogP contribution in [0.15, 0.2) is 48.6 Å². The molecule has 146 valence electrons. The summed E-state index contributed by atoms with van der Waals surface area (Å²) in [6, 6.07) is 10.1. The quantitative estimate of drug-likeness (QED) is 0.349. The molecule has 2 aromatic rings. The van der Waals surface area contributed by atoms with E-state index >= 15 is 0 Å². The first-order valence-electron chi connectivity index (χ1n) is 4.62. The minimum atomic E-state index is 0. The molecule has 4 heteroatoms. The molecule has 0 saturated carbocycles. The SMILES string of the molecule is Cl.Cl.[C-]1=CC=CC1.[CH3-].[CH3-].[CH3-].[CH3-].[CH3-].[CH3-].[CH3-].[Ti].[c-]1cc2ccccc2[nH]1. The third-order valence-electron chi connectivity index (χ3n) is 1.98. The number of hydrogen-bond donors (Lipinski definition) is 1. The molecule has 1 aromatic heterocycles. The minimum Gasteiger partial charge on any atom is -0.477 e. The molecule has 1 aliphatic rings. The number of benzene rings is 1. The van der Waals surface area contributed by atoms with Crippen LogP contribution in [0.4, 0.5) is 0 Å². The van der Waals surface area contributed by atoms with E-state index in [-0.39, 0.29) is 98.5 Å². The van der Waals surface area contributed by atoms with Crippen LogP contribution in [0.25, 0.3) is 10.9 Å². The predicted molar refractivity (Wildman–Crippen MR) is 118 cm³/mol. The molecule has 0 unspecified atom stereocenters. The Hall–Kier alpha value is -0.466. The molecule has 0 spiro atoms. The fourth-order valence-corrected chi connectivity index (χ4v) is 1.27. The topological polar surface area (TPSA) is 15.8 Å². The van der Waals surface area contributed by atoms with Gasteiger partial charge in [0.05, 0.1) is 0 Å². The fraction of sp³-hybridized carbons (Fsp3) is 0.0500. The summed E-state index contributed by atoms with van der Waals surface area (Å²) in [4.78, 5) is 2.99. The first-order valence-corrected chi connectivity index (χ1v) is 4.62. The van der Waals surface area contributed by atoms with Crippen molar-refractivity contribution in [1.29, 1.82) is 0 Å². The molecule has 24 heavy (non-hydrogen) atoms. The molecule has 0 aliphatic heterocycles. The van der Waals surface area contributed by atoms with E-state index in [2.05, 4.69) is 29.4 Å². The Kier molecular flexibility index (Phi) is 80.1. The van der Waals surface area contributed by atoms with Crippen molar-refractivity contribution in [2.75, 3.05) is 0 Å². The largest absolute Gasteiger partial charge is 0.477 e. The Morgan fingerprint density at radius 2 is 1.38 bits per heavy atom. The maximum atomic E-state index is 2.99. The van der Waals surface area contributed by atoms with Crippen molar-refractivity contribution in [2.45, 2.75) is 6.42 Å². The first-order chi connectivity index (χ1) is 6.97. The maximum Gasteiger partial charge on any atom is 0 e. The van der Waals surface area contributed by atoms with Crippen LogP contribution in [-0.4, -0.2) is 4.98 Å². The van der Waals surface area contributed by atoms with Crippen molar-refractivity contribution in [3.05, 3.63) is 113 Å². The number of aromatic nitrogens is 1. The number of H-pyrrole nitrogens is 1. The van der Waals surface area contributed by atoms with Gasteiger partial charge in [0.15, 0.2) is 0 Å². The second-order valence-electron chi connectivity index (χ2n) is 3.00. The summed E-state index contributed by atoms with van der Waals surface area (Å²) < 4.78 is 0. The van der Waals surface area contributed by atoms with Gasteiger partial charge in [0.2, 0.25) is 0 Å². The number of allylic oxidation sites excluding steroid dienone is 4. The van der Waals surface area contributed by atoms with Crippen LogP contribution in [0, 0.1) is 64.3 Å². The molecular formula is C20H34Cl2NTi-9. The van der Waals surface area contributed by atoms with E-state index < -0.39 is 0 Å². The van der Waals surface area contributed by atoms with Gasteiger partial charge < -0.3 is 57.0 Å². The molecule has 1 aromatic carbocycles. The molecule has 0 fully saturated rings. The molecule has 0 atom stereocenters. The van der Waals surface area contributed by atoms with E-state index in [0.29, 0.717) is 0 Å². The third kappa shape index (κ3) is 19.6. The number of hydrogen-bond acceptors (Lipinski definition) is 0. The number of aromatic amines is 1. The van der Waals surface area contributed by atoms with Crippen LogP contribution in [0.3, 0.4) is 0 Å². The normalized spacial score (nSPS) is 7.50. The number of nitrogens with one attached hydrogen (secondary N) is 1. The predicted octanol–water partition coefficient (Wildman–Crippen LogP) is 7.27. The monoisotopic (exact) mass is 406 g/mol. The molecule has 1 N–H and O–H groups in total. The van der Waals surface area contributed by atoms with Gasteiger partial charge in [-0.3, -0.25) is 6.08 Å². The standard InChI is InChI=1S/C8H6N.C5H5.7CH3.2ClH.Ti/c1-2-4-8-7(3-1)5-6-9-8;1-2-4-5-3-1;;;;;;;;;;/h1-5,9H;1-3H,4H2;7*1H3;2*1H;/q9*-1;;;. The molecule has 0 saturated heterocycles. The van der Waals surface area contributed by atoms with Gasteiger partial charge in [-0.25, -0.2) is 12.2 Å². The van der Waals surface area contributed by atoms with Crippen molar-refractivity contribution in [1.82, 2.24) is 4.98 Å². The van der Waals surface area contributed by atoms with Crippen LogP contribution < -0.4 is 0 Å². The van der Waals surface area contributed by atoms with Gasteiger partial charge in [0.1, 0.15) is 0 Å². The maximum absolute atomic E-state index is 2.99.